The fourth-order valence-electron chi connectivity index (χ4n) is 3.50. The van der Waals surface area contributed by atoms with Crippen LogP contribution >= 0.6 is 0 Å². The maximum Gasteiger partial charge on any atom is 0.243 e. The minimum atomic E-state index is -3.56. The number of piperazine rings is 1. The summed E-state index contributed by atoms with van der Waals surface area (Å²) in [6.07, 6.45) is 0. The number of carbonyl (C=O) groups is 1. The molecule has 1 saturated heterocycles. The van der Waals surface area contributed by atoms with Gasteiger partial charge in [0.25, 0.3) is 0 Å². The van der Waals surface area contributed by atoms with Crippen LogP contribution < -0.4 is 0 Å². The van der Waals surface area contributed by atoms with E-state index in [1.54, 1.807) is 4.90 Å². The third-order valence-electron chi connectivity index (χ3n) is 5.57. The van der Waals surface area contributed by atoms with Crippen LogP contribution in [0.1, 0.15) is 41.7 Å². The first-order chi connectivity index (χ1) is 11.5. The molecule has 1 heterocycles. The van der Waals surface area contributed by atoms with Gasteiger partial charge in [-0.3, -0.25) is 4.79 Å². The van der Waals surface area contributed by atoms with Gasteiger partial charge in [0.05, 0.1) is 4.90 Å². The molecular formula is C19H30N2O3S. The van der Waals surface area contributed by atoms with Crippen LogP contribution in [0.3, 0.4) is 0 Å². The number of amides is 1. The Balaban J connectivity index is 2.35. The Morgan fingerprint density at radius 3 is 1.60 bits per heavy atom. The lowest BCUT2D eigenvalue weighted by molar-refractivity contribution is -0.135. The van der Waals surface area contributed by atoms with Crippen LogP contribution in [0, 0.1) is 40.5 Å². The molecular weight excluding hydrogens is 336 g/mol. The Morgan fingerprint density at radius 2 is 1.20 bits per heavy atom. The summed E-state index contributed by atoms with van der Waals surface area (Å²) in [5.74, 6) is 0.0291. The van der Waals surface area contributed by atoms with Crippen molar-refractivity contribution in [3.05, 3.63) is 27.8 Å². The Morgan fingerprint density at radius 1 is 0.800 bits per heavy atom. The summed E-state index contributed by atoms with van der Waals surface area (Å²) in [4.78, 5) is 14.3. The molecule has 0 atom stereocenters. The molecule has 0 bridgehead atoms. The van der Waals surface area contributed by atoms with Crippen molar-refractivity contribution in [3.63, 3.8) is 0 Å². The van der Waals surface area contributed by atoms with E-state index in [0.717, 1.165) is 27.8 Å². The van der Waals surface area contributed by atoms with E-state index in [9.17, 15) is 13.2 Å². The molecule has 1 amide bonds. The number of hydrogen-bond donors (Lipinski definition) is 0. The summed E-state index contributed by atoms with van der Waals surface area (Å²) < 4.78 is 28.1. The average molecular weight is 367 g/mol. The second-order valence-electron chi connectivity index (χ2n) is 7.34. The molecule has 1 aromatic carbocycles. The molecule has 5 nitrogen and oxygen atoms in total. The van der Waals surface area contributed by atoms with Gasteiger partial charge in [0.1, 0.15) is 0 Å². The zero-order valence-corrected chi connectivity index (χ0v) is 17.2. The third kappa shape index (κ3) is 3.47. The van der Waals surface area contributed by atoms with Crippen LogP contribution in [0.4, 0.5) is 0 Å². The number of benzene rings is 1. The molecule has 0 aliphatic carbocycles. The minimum Gasteiger partial charge on any atom is -0.340 e. The van der Waals surface area contributed by atoms with E-state index in [4.69, 9.17) is 0 Å². The smallest absolute Gasteiger partial charge is 0.243 e. The van der Waals surface area contributed by atoms with Crippen LogP contribution in [0.25, 0.3) is 0 Å². The average Bonchev–Trinajstić information content (AvgIpc) is 2.57. The monoisotopic (exact) mass is 366 g/mol. The third-order valence-corrected chi connectivity index (χ3v) is 7.75. The maximum absolute atomic E-state index is 13.3. The van der Waals surface area contributed by atoms with Gasteiger partial charge in [0.15, 0.2) is 0 Å². The number of sulfonamides is 1. The lowest BCUT2D eigenvalue weighted by Crippen LogP contribution is -2.51. The van der Waals surface area contributed by atoms with E-state index in [0.29, 0.717) is 31.1 Å². The first-order valence-electron chi connectivity index (χ1n) is 8.86. The Kier molecular flexibility index (Phi) is 5.64. The molecule has 1 aliphatic heterocycles. The molecule has 6 heteroatoms. The van der Waals surface area contributed by atoms with Gasteiger partial charge in [0, 0.05) is 32.1 Å². The quantitative estimate of drug-likeness (QED) is 0.826. The van der Waals surface area contributed by atoms with Gasteiger partial charge in [-0.2, -0.15) is 4.31 Å². The summed E-state index contributed by atoms with van der Waals surface area (Å²) in [5.41, 5.74) is 4.90. The highest BCUT2D eigenvalue weighted by Crippen LogP contribution is 2.32. The first-order valence-corrected chi connectivity index (χ1v) is 10.3. The van der Waals surface area contributed by atoms with Gasteiger partial charge in [0.2, 0.25) is 15.9 Å². The topological polar surface area (TPSA) is 57.7 Å². The Hall–Kier alpha value is -1.40. The van der Waals surface area contributed by atoms with Crippen LogP contribution in [0.5, 0.6) is 0 Å². The van der Waals surface area contributed by atoms with Crippen molar-refractivity contribution in [2.75, 3.05) is 26.2 Å². The van der Waals surface area contributed by atoms with Gasteiger partial charge in [-0.1, -0.05) is 13.8 Å². The largest absolute Gasteiger partial charge is 0.340 e. The fraction of sp³-hybridized carbons (Fsp3) is 0.632. The number of rotatable bonds is 3. The van der Waals surface area contributed by atoms with Crippen LogP contribution in [0.2, 0.25) is 0 Å². The summed E-state index contributed by atoms with van der Waals surface area (Å²) >= 11 is 0. The van der Waals surface area contributed by atoms with Crippen molar-refractivity contribution in [1.29, 1.82) is 0 Å². The van der Waals surface area contributed by atoms with Gasteiger partial charge in [-0.25, -0.2) is 8.42 Å². The van der Waals surface area contributed by atoms with E-state index in [1.165, 1.54) is 4.31 Å². The molecule has 140 valence electrons. The summed E-state index contributed by atoms with van der Waals surface area (Å²) in [7, 11) is -3.56. The molecule has 0 aromatic heterocycles. The summed E-state index contributed by atoms with van der Waals surface area (Å²) in [5, 5.41) is 0. The molecule has 0 spiro atoms. The Bertz CT molecular complexity index is 760. The lowest BCUT2D eigenvalue weighted by atomic mass is 9.95. The van der Waals surface area contributed by atoms with Crippen molar-refractivity contribution in [2.24, 2.45) is 5.92 Å². The van der Waals surface area contributed by atoms with Crippen molar-refractivity contribution >= 4 is 15.9 Å². The minimum absolute atomic E-state index is 0.0601. The normalized spacial score (nSPS) is 16.6. The molecule has 1 aromatic rings. The molecule has 1 aliphatic rings. The number of carbonyl (C=O) groups excluding carboxylic acids is 1. The number of nitrogens with zero attached hydrogens (tertiary/aromatic N) is 2. The molecule has 0 unspecified atom stereocenters. The first kappa shape index (κ1) is 19.9. The predicted molar refractivity (Wildman–Crippen MR) is 100 cm³/mol. The van der Waals surface area contributed by atoms with E-state index in [2.05, 4.69) is 0 Å². The van der Waals surface area contributed by atoms with Crippen molar-refractivity contribution < 1.29 is 13.2 Å². The SMILES string of the molecule is Cc1c(C)c(C)c(S(=O)(=O)N2CCN(C(=O)C(C)C)CC2)c(C)c1C. The fourth-order valence-corrected chi connectivity index (χ4v) is 5.48. The molecule has 0 radical (unpaired) electrons. The van der Waals surface area contributed by atoms with Crippen LogP contribution in [-0.4, -0.2) is 49.7 Å². The van der Waals surface area contributed by atoms with Crippen LogP contribution in [-0.2, 0) is 14.8 Å². The predicted octanol–water partition coefficient (Wildman–Crippen LogP) is 2.72. The highest BCUT2D eigenvalue weighted by molar-refractivity contribution is 7.89. The molecule has 0 saturated carbocycles. The van der Waals surface area contributed by atoms with E-state index in [1.807, 2.05) is 48.5 Å². The van der Waals surface area contributed by atoms with Gasteiger partial charge in [-0.05, 0) is 62.4 Å². The summed E-state index contributed by atoms with van der Waals surface area (Å²) in [6, 6.07) is 0. The van der Waals surface area contributed by atoms with E-state index in [-0.39, 0.29) is 11.8 Å². The number of hydrogen-bond acceptors (Lipinski definition) is 3. The second kappa shape index (κ2) is 7.08. The lowest BCUT2D eigenvalue weighted by Gasteiger charge is -2.35. The Labute approximate surface area is 152 Å². The second-order valence-corrected chi connectivity index (χ2v) is 9.21. The highest BCUT2D eigenvalue weighted by atomic mass is 32.2. The molecule has 0 N–H and O–H groups in total. The highest BCUT2D eigenvalue weighted by Gasteiger charge is 2.33. The molecule has 2 rings (SSSR count). The van der Waals surface area contributed by atoms with Crippen molar-refractivity contribution in [2.45, 2.75) is 53.4 Å². The van der Waals surface area contributed by atoms with Gasteiger partial charge < -0.3 is 4.90 Å². The summed E-state index contributed by atoms with van der Waals surface area (Å²) in [6.45, 7) is 15.1. The van der Waals surface area contributed by atoms with E-state index >= 15 is 0 Å². The van der Waals surface area contributed by atoms with Gasteiger partial charge >= 0.3 is 0 Å². The van der Waals surface area contributed by atoms with Crippen molar-refractivity contribution in [3.8, 4) is 0 Å². The van der Waals surface area contributed by atoms with Crippen LogP contribution in [0.15, 0.2) is 4.90 Å². The zero-order valence-electron chi connectivity index (χ0n) is 16.4. The maximum atomic E-state index is 13.3. The van der Waals surface area contributed by atoms with Crippen molar-refractivity contribution in [1.82, 2.24) is 9.21 Å². The van der Waals surface area contributed by atoms with E-state index < -0.39 is 10.0 Å². The molecule has 25 heavy (non-hydrogen) atoms. The zero-order chi connectivity index (χ0) is 19.1. The molecule has 1 fully saturated rings. The standard InChI is InChI=1S/C19H30N2O3S/c1-12(2)19(22)20-8-10-21(11-9-20)25(23,24)18-16(6)14(4)13(3)15(5)17(18)7/h12H,8-11H2,1-7H3. The van der Waals surface area contributed by atoms with Gasteiger partial charge in [-0.15, -0.1) is 0 Å².